The summed E-state index contributed by atoms with van der Waals surface area (Å²) in [7, 11) is 1.83. The number of benzene rings is 2. The van der Waals surface area contributed by atoms with E-state index in [4.69, 9.17) is 11.6 Å². The number of fused-ring (bicyclic) bond motifs is 1. The first-order valence-corrected chi connectivity index (χ1v) is 9.04. The highest BCUT2D eigenvalue weighted by Gasteiger charge is 2.35. The van der Waals surface area contributed by atoms with Crippen molar-refractivity contribution in [1.82, 2.24) is 15.5 Å². The first kappa shape index (κ1) is 18.4. The van der Waals surface area contributed by atoms with Gasteiger partial charge in [-0.3, -0.25) is 9.59 Å². The number of halogens is 1. The molecule has 0 aliphatic carbocycles. The molecule has 5 nitrogen and oxygen atoms in total. The minimum absolute atomic E-state index is 0.143. The summed E-state index contributed by atoms with van der Waals surface area (Å²) in [5, 5.41) is 6.30. The van der Waals surface area contributed by atoms with Gasteiger partial charge in [0.15, 0.2) is 0 Å². The first-order valence-electron chi connectivity index (χ1n) is 8.66. The van der Waals surface area contributed by atoms with Crippen LogP contribution in [0.1, 0.15) is 21.5 Å². The Bertz CT molecular complexity index is 809. The number of carbonyl (C=O) groups is 2. The van der Waals surface area contributed by atoms with Crippen molar-refractivity contribution >= 4 is 23.4 Å². The largest absolute Gasteiger partial charge is 0.353 e. The van der Waals surface area contributed by atoms with E-state index in [-0.39, 0.29) is 11.8 Å². The molecule has 0 radical (unpaired) electrons. The summed E-state index contributed by atoms with van der Waals surface area (Å²) in [5.74, 6) is -0.367. The van der Waals surface area contributed by atoms with Crippen molar-refractivity contribution in [3.63, 3.8) is 0 Å². The summed E-state index contributed by atoms with van der Waals surface area (Å²) in [6.45, 7) is 1.58. The van der Waals surface area contributed by atoms with Gasteiger partial charge in [-0.15, -0.1) is 0 Å². The van der Waals surface area contributed by atoms with Gasteiger partial charge in [-0.1, -0.05) is 48.0 Å². The fourth-order valence-corrected chi connectivity index (χ4v) is 3.41. The van der Waals surface area contributed by atoms with Crippen LogP contribution >= 0.6 is 11.6 Å². The Morgan fingerprint density at radius 1 is 1.08 bits per heavy atom. The highest BCUT2D eigenvalue weighted by Crippen LogP contribution is 2.27. The number of rotatable bonds is 5. The number of nitrogens with one attached hydrogen (secondary N) is 2. The van der Waals surface area contributed by atoms with E-state index in [0.29, 0.717) is 36.6 Å². The third-order valence-corrected chi connectivity index (χ3v) is 4.92. The van der Waals surface area contributed by atoms with E-state index in [2.05, 4.69) is 10.6 Å². The summed E-state index contributed by atoms with van der Waals surface area (Å²) in [4.78, 5) is 27.5. The van der Waals surface area contributed by atoms with E-state index in [0.717, 1.165) is 11.1 Å². The molecule has 0 bridgehead atoms. The Labute approximate surface area is 158 Å². The molecule has 3 rings (SSSR count). The van der Waals surface area contributed by atoms with Crippen LogP contribution < -0.4 is 10.6 Å². The van der Waals surface area contributed by atoms with Crippen LogP contribution in [0.2, 0.25) is 5.02 Å². The van der Waals surface area contributed by atoms with Crippen molar-refractivity contribution < 1.29 is 9.59 Å². The molecule has 0 saturated carbocycles. The zero-order chi connectivity index (χ0) is 18.5. The number of likely N-dealkylation sites (N-methyl/N-ethyl adjacent to an activating group) is 1. The first-order chi connectivity index (χ1) is 12.6. The molecule has 2 amide bonds. The van der Waals surface area contributed by atoms with Crippen molar-refractivity contribution in [3.05, 3.63) is 70.2 Å². The van der Waals surface area contributed by atoms with Crippen LogP contribution in [0.5, 0.6) is 0 Å². The zero-order valence-electron chi connectivity index (χ0n) is 14.7. The lowest BCUT2D eigenvalue weighted by Gasteiger charge is -2.36. The quantitative estimate of drug-likeness (QED) is 0.792. The molecule has 26 heavy (non-hydrogen) atoms. The summed E-state index contributed by atoms with van der Waals surface area (Å²) >= 11 is 6.21. The molecule has 0 saturated heterocycles. The molecule has 136 valence electrons. The van der Waals surface area contributed by atoms with Crippen molar-refractivity contribution in [3.8, 4) is 0 Å². The van der Waals surface area contributed by atoms with Gasteiger partial charge in [0.25, 0.3) is 5.91 Å². The lowest BCUT2D eigenvalue weighted by atomic mass is 9.92. The van der Waals surface area contributed by atoms with Crippen LogP contribution in [0, 0.1) is 0 Å². The third kappa shape index (κ3) is 3.89. The molecule has 1 aliphatic heterocycles. The van der Waals surface area contributed by atoms with E-state index in [1.54, 1.807) is 29.2 Å². The summed E-state index contributed by atoms with van der Waals surface area (Å²) in [6, 6.07) is 14.3. The Balaban J connectivity index is 1.90. The molecule has 2 N–H and O–H groups in total. The van der Waals surface area contributed by atoms with Gasteiger partial charge >= 0.3 is 0 Å². The number of nitrogens with zero attached hydrogens (tertiary/aromatic N) is 1. The van der Waals surface area contributed by atoms with Crippen LogP contribution in [0.15, 0.2) is 48.5 Å². The van der Waals surface area contributed by atoms with Crippen LogP contribution in [-0.4, -0.2) is 42.9 Å². The van der Waals surface area contributed by atoms with Gasteiger partial charge < -0.3 is 15.5 Å². The van der Waals surface area contributed by atoms with Crippen molar-refractivity contribution in [1.29, 1.82) is 0 Å². The van der Waals surface area contributed by atoms with Crippen LogP contribution in [0.3, 0.4) is 0 Å². The molecule has 1 heterocycles. The number of carbonyl (C=O) groups excluding carboxylic acids is 2. The minimum Gasteiger partial charge on any atom is -0.353 e. The van der Waals surface area contributed by atoms with E-state index in [9.17, 15) is 9.59 Å². The van der Waals surface area contributed by atoms with E-state index >= 15 is 0 Å². The van der Waals surface area contributed by atoms with E-state index in [1.165, 1.54) is 0 Å². The molecule has 2 aromatic rings. The van der Waals surface area contributed by atoms with Crippen LogP contribution in [0.4, 0.5) is 0 Å². The average molecular weight is 372 g/mol. The van der Waals surface area contributed by atoms with Crippen molar-refractivity contribution in [2.45, 2.75) is 19.0 Å². The maximum Gasteiger partial charge on any atom is 0.256 e. The minimum atomic E-state index is -0.550. The third-order valence-electron chi connectivity index (χ3n) is 4.59. The lowest BCUT2D eigenvalue weighted by Crippen LogP contribution is -2.53. The van der Waals surface area contributed by atoms with Crippen LogP contribution in [-0.2, 0) is 17.8 Å². The highest BCUT2D eigenvalue weighted by molar-refractivity contribution is 6.33. The zero-order valence-corrected chi connectivity index (χ0v) is 15.4. The second kappa shape index (κ2) is 8.34. The van der Waals surface area contributed by atoms with E-state index < -0.39 is 6.04 Å². The Kier molecular flexibility index (Phi) is 5.91. The average Bonchev–Trinajstić information content (AvgIpc) is 2.67. The predicted molar refractivity (Wildman–Crippen MR) is 102 cm³/mol. The molecule has 1 unspecified atom stereocenters. The van der Waals surface area contributed by atoms with Crippen molar-refractivity contribution in [2.75, 3.05) is 20.1 Å². The summed E-state index contributed by atoms with van der Waals surface area (Å²) < 4.78 is 0. The molecule has 0 fully saturated rings. The normalized spacial score (nSPS) is 16.1. The van der Waals surface area contributed by atoms with E-state index in [1.807, 2.05) is 31.3 Å². The fourth-order valence-electron chi connectivity index (χ4n) is 3.19. The fraction of sp³-hybridized carbons (Fsp3) is 0.300. The predicted octanol–water partition coefficient (Wildman–Crippen LogP) is 2.24. The molecule has 1 aliphatic rings. The van der Waals surface area contributed by atoms with Crippen molar-refractivity contribution in [2.24, 2.45) is 0 Å². The second-order valence-electron chi connectivity index (χ2n) is 6.30. The lowest BCUT2D eigenvalue weighted by molar-refractivity contribution is -0.126. The SMILES string of the molecule is CNCCNC(=O)C1Cc2ccccc2CN1C(=O)c1ccccc1Cl. The second-order valence-corrected chi connectivity index (χ2v) is 6.70. The van der Waals surface area contributed by atoms with Gasteiger partial charge in [-0.25, -0.2) is 0 Å². The standard InChI is InChI=1S/C20H22ClN3O2/c1-22-10-11-23-19(25)18-12-14-6-2-3-7-15(14)13-24(18)20(26)16-8-4-5-9-17(16)21/h2-9,18,22H,10-13H2,1H3,(H,23,25). The molecule has 1 atom stereocenters. The maximum atomic E-state index is 13.1. The molecule has 0 aromatic heterocycles. The summed E-state index contributed by atoms with van der Waals surface area (Å²) in [5.41, 5.74) is 2.58. The van der Waals surface area contributed by atoms with Gasteiger partial charge in [0.2, 0.25) is 5.91 Å². The smallest absolute Gasteiger partial charge is 0.256 e. The molecule has 2 aromatic carbocycles. The molecule has 6 heteroatoms. The molecular formula is C20H22ClN3O2. The Hall–Kier alpha value is -2.37. The number of hydrogen-bond acceptors (Lipinski definition) is 3. The van der Waals surface area contributed by atoms with Gasteiger partial charge in [-0.2, -0.15) is 0 Å². The number of amides is 2. The van der Waals surface area contributed by atoms with Gasteiger partial charge in [-0.05, 0) is 30.3 Å². The van der Waals surface area contributed by atoms with Gasteiger partial charge in [0.1, 0.15) is 6.04 Å². The maximum absolute atomic E-state index is 13.1. The monoisotopic (exact) mass is 371 g/mol. The van der Waals surface area contributed by atoms with Gasteiger partial charge in [0, 0.05) is 26.1 Å². The van der Waals surface area contributed by atoms with Gasteiger partial charge in [0.05, 0.1) is 10.6 Å². The topological polar surface area (TPSA) is 61.4 Å². The molecular weight excluding hydrogens is 350 g/mol. The summed E-state index contributed by atoms with van der Waals surface area (Å²) in [6.07, 6.45) is 0.498. The number of hydrogen-bond donors (Lipinski definition) is 2. The Morgan fingerprint density at radius 3 is 2.50 bits per heavy atom. The molecule has 0 spiro atoms. The highest BCUT2D eigenvalue weighted by atomic mass is 35.5. The Morgan fingerprint density at radius 2 is 1.77 bits per heavy atom. The van der Waals surface area contributed by atoms with Crippen LogP contribution in [0.25, 0.3) is 0 Å².